The molecule has 1 saturated heterocycles. The maximum Gasteiger partial charge on any atom is 0.351 e. The van der Waals surface area contributed by atoms with Crippen LogP contribution in [0.3, 0.4) is 0 Å². The zero-order valence-corrected chi connectivity index (χ0v) is 10.4. The van der Waals surface area contributed by atoms with Crippen molar-refractivity contribution in [3.8, 4) is 0 Å². The number of hydrogen-bond donors (Lipinski definition) is 3. The molecule has 1 aromatic rings. The van der Waals surface area contributed by atoms with Crippen molar-refractivity contribution < 1.29 is 14.9 Å². The van der Waals surface area contributed by atoms with Crippen LogP contribution >= 0.6 is 0 Å². The van der Waals surface area contributed by atoms with Gasteiger partial charge in [0, 0.05) is 18.2 Å². The van der Waals surface area contributed by atoms with Gasteiger partial charge < -0.3 is 20.7 Å². The van der Waals surface area contributed by atoms with Crippen molar-refractivity contribution in [3.05, 3.63) is 34.9 Å². The van der Waals surface area contributed by atoms with Gasteiger partial charge in [0.05, 0.1) is 12.7 Å². The number of rotatable bonds is 4. The summed E-state index contributed by atoms with van der Waals surface area (Å²) in [6.45, 7) is 3.31. The van der Waals surface area contributed by atoms with Crippen molar-refractivity contribution in [2.75, 3.05) is 12.3 Å². The zero-order valence-electron chi connectivity index (χ0n) is 10.4. The first-order valence-electron chi connectivity index (χ1n) is 5.99. The number of aromatic nitrogens is 2. The molecule has 0 radical (unpaired) electrons. The molecule has 4 N–H and O–H groups in total. The van der Waals surface area contributed by atoms with Gasteiger partial charge in [0.1, 0.15) is 18.1 Å². The van der Waals surface area contributed by atoms with E-state index in [9.17, 15) is 9.90 Å². The number of aliphatic hydroxyl groups is 2. The van der Waals surface area contributed by atoms with Gasteiger partial charge in [-0.05, 0) is 6.42 Å². The molecular formula is C12H17N3O4. The first kappa shape index (κ1) is 13.7. The monoisotopic (exact) mass is 267 g/mol. The minimum Gasteiger partial charge on any atom is -0.394 e. The second-order valence-electron chi connectivity index (χ2n) is 4.45. The lowest BCUT2D eigenvalue weighted by Gasteiger charge is -2.15. The third-order valence-electron chi connectivity index (χ3n) is 3.12. The van der Waals surface area contributed by atoms with Crippen LogP contribution in [0.1, 0.15) is 18.2 Å². The number of hydrogen-bond acceptors (Lipinski definition) is 6. The molecule has 2 heterocycles. The summed E-state index contributed by atoms with van der Waals surface area (Å²) >= 11 is 0. The van der Waals surface area contributed by atoms with Gasteiger partial charge in [-0.15, -0.1) is 6.58 Å². The Labute approximate surface area is 110 Å². The summed E-state index contributed by atoms with van der Waals surface area (Å²) in [5, 5.41) is 18.7. The molecule has 7 nitrogen and oxygen atoms in total. The minimum atomic E-state index is -0.803. The number of ether oxygens (including phenoxy) is 1. The fourth-order valence-electron chi connectivity index (χ4n) is 2.09. The molecule has 1 fully saturated rings. The quantitative estimate of drug-likeness (QED) is 0.616. The van der Waals surface area contributed by atoms with Crippen molar-refractivity contribution in [2.45, 2.75) is 31.3 Å². The van der Waals surface area contributed by atoms with Crippen molar-refractivity contribution in [1.82, 2.24) is 9.55 Å². The van der Waals surface area contributed by atoms with Crippen molar-refractivity contribution in [2.24, 2.45) is 0 Å². The van der Waals surface area contributed by atoms with E-state index in [2.05, 4.69) is 11.6 Å². The van der Waals surface area contributed by atoms with E-state index in [4.69, 9.17) is 15.6 Å². The molecule has 1 aliphatic rings. The van der Waals surface area contributed by atoms with E-state index in [-0.39, 0.29) is 18.8 Å². The number of allylic oxidation sites excluding steroid dienone is 1. The Hall–Kier alpha value is -1.70. The Morgan fingerprint density at radius 3 is 3.00 bits per heavy atom. The van der Waals surface area contributed by atoms with Gasteiger partial charge in [-0.2, -0.15) is 4.98 Å². The average molecular weight is 267 g/mol. The predicted octanol–water partition coefficient (Wildman–Crippen LogP) is -0.805. The van der Waals surface area contributed by atoms with Gasteiger partial charge in [-0.3, -0.25) is 4.57 Å². The Bertz CT molecular complexity index is 528. The van der Waals surface area contributed by atoms with Gasteiger partial charge >= 0.3 is 5.69 Å². The maximum atomic E-state index is 11.8. The highest BCUT2D eigenvalue weighted by atomic mass is 16.5. The molecule has 0 saturated carbocycles. The Balaban J connectivity index is 2.32. The molecule has 0 aromatic carbocycles. The molecule has 7 heteroatoms. The summed E-state index contributed by atoms with van der Waals surface area (Å²) in [6, 6.07) is 0. The van der Waals surface area contributed by atoms with E-state index >= 15 is 0 Å². The number of aliphatic hydroxyl groups excluding tert-OH is 2. The van der Waals surface area contributed by atoms with Gasteiger partial charge in [-0.25, -0.2) is 4.79 Å². The molecule has 1 aliphatic heterocycles. The minimum absolute atomic E-state index is 0.165. The second-order valence-corrected chi connectivity index (χ2v) is 4.45. The Morgan fingerprint density at radius 2 is 2.42 bits per heavy atom. The van der Waals surface area contributed by atoms with Crippen LogP contribution in [0.15, 0.2) is 23.6 Å². The van der Waals surface area contributed by atoms with Crippen LogP contribution < -0.4 is 11.4 Å². The fraction of sp³-hybridized carbons (Fsp3) is 0.500. The van der Waals surface area contributed by atoms with Crippen molar-refractivity contribution in [1.29, 1.82) is 0 Å². The lowest BCUT2D eigenvalue weighted by molar-refractivity contribution is -0.0459. The topological polar surface area (TPSA) is 111 Å². The second kappa shape index (κ2) is 5.52. The van der Waals surface area contributed by atoms with Crippen LogP contribution in [0.2, 0.25) is 0 Å². The highest BCUT2D eigenvalue weighted by Crippen LogP contribution is 2.27. The molecule has 1 unspecified atom stereocenters. The summed E-state index contributed by atoms with van der Waals surface area (Å²) in [6.07, 6.45) is 1.80. The summed E-state index contributed by atoms with van der Waals surface area (Å²) in [5.41, 5.74) is 5.78. The van der Waals surface area contributed by atoms with Crippen LogP contribution in [0, 0.1) is 0 Å². The first-order valence-corrected chi connectivity index (χ1v) is 5.99. The van der Waals surface area contributed by atoms with E-state index in [0.717, 1.165) is 0 Å². The lowest BCUT2D eigenvalue weighted by atomic mass is 10.2. The molecule has 3 atom stereocenters. The number of nitrogen functional groups attached to an aromatic ring is 1. The Kier molecular flexibility index (Phi) is 3.98. The van der Waals surface area contributed by atoms with Gasteiger partial charge in [0.2, 0.25) is 0 Å². The highest BCUT2D eigenvalue weighted by Gasteiger charge is 2.35. The molecule has 104 valence electrons. The Morgan fingerprint density at radius 1 is 1.68 bits per heavy atom. The summed E-state index contributed by atoms with van der Waals surface area (Å²) in [4.78, 5) is 15.5. The summed E-state index contributed by atoms with van der Waals surface area (Å²) in [7, 11) is 0. The van der Waals surface area contributed by atoms with Crippen LogP contribution in [-0.2, 0) is 11.2 Å². The SMILES string of the molecule is C=CCc1cn([C@H]2CC(O)[C@@H](CO)O2)c(=O)nc1N. The third-order valence-corrected chi connectivity index (χ3v) is 3.12. The maximum absolute atomic E-state index is 11.8. The van der Waals surface area contributed by atoms with Crippen molar-refractivity contribution >= 4 is 5.82 Å². The third kappa shape index (κ3) is 2.67. The molecule has 19 heavy (non-hydrogen) atoms. The van der Waals surface area contributed by atoms with E-state index in [0.29, 0.717) is 12.0 Å². The average Bonchev–Trinajstić information content (AvgIpc) is 2.74. The largest absolute Gasteiger partial charge is 0.394 e. The molecule has 0 bridgehead atoms. The zero-order chi connectivity index (χ0) is 14.0. The van der Waals surface area contributed by atoms with Crippen LogP contribution in [-0.4, -0.2) is 38.6 Å². The number of nitrogens with two attached hydrogens (primary N) is 1. The molecule has 1 aromatic heterocycles. The summed E-state index contributed by atoms with van der Waals surface area (Å²) in [5.74, 6) is 0.165. The molecule has 0 spiro atoms. The number of anilines is 1. The predicted molar refractivity (Wildman–Crippen MR) is 68.4 cm³/mol. The fourth-order valence-corrected chi connectivity index (χ4v) is 2.09. The molecule has 0 aliphatic carbocycles. The normalized spacial score (nSPS) is 26.5. The van der Waals surface area contributed by atoms with Gasteiger partial charge in [-0.1, -0.05) is 6.08 Å². The molecule has 2 rings (SSSR count). The van der Waals surface area contributed by atoms with Crippen LogP contribution in [0.5, 0.6) is 0 Å². The van der Waals surface area contributed by atoms with Crippen molar-refractivity contribution in [3.63, 3.8) is 0 Å². The first-order chi connectivity index (χ1) is 9.06. The van der Waals surface area contributed by atoms with E-state index < -0.39 is 24.1 Å². The lowest BCUT2D eigenvalue weighted by Crippen LogP contribution is -2.29. The molecule has 0 amide bonds. The number of nitrogens with zero attached hydrogens (tertiary/aromatic N) is 2. The van der Waals surface area contributed by atoms with Crippen LogP contribution in [0.4, 0.5) is 5.82 Å². The van der Waals surface area contributed by atoms with Gasteiger partial charge in [0.25, 0.3) is 0 Å². The van der Waals surface area contributed by atoms with E-state index in [1.165, 1.54) is 4.57 Å². The standard InChI is InChI=1S/C12H17N3O4/c1-2-3-7-5-15(12(18)14-11(7)13)10-4-8(17)9(6-16)19-10/h2,5,8-10,16-17H,1,3-4,6H2,(H2,13,14,18)/t8?,9-,10-/m1/s1. The highest BCUT2D eigenvalue weighted by molar-refractivity contribution is 5.38. The molecular weight excluding hydrogens is 250 g/mol. The van der Waals surface area contributed by atoms with E-state index in [1.54, 1.807) is 12.3 Å². The van der Waals surface area contributed by atoms with Gasteiger partial charge in [0.15, 0.2) is 0 Å². The smallest absolute Gasteiger partial charge is 0.351 e. The van der Waals surface area contributed by atoms with E-state index in [1.807, 2.05) is 0 Å². The summed E-state index contributed by atoms with van der Waals surface area (Å²) < 4.78 is 6.70. The van der Waals surface area contributed by atoms with Crippen LogP contribution in [0.25, 0.3) is 0 Å².